The summed E-state index contributed by atoms with van der Waals surface area (Å²) in [5.74, 6) is -0.700. The van der Waals surface area contributed by atoms with Crippen LogP contribution in [-0.4, -0.2) is 16.8 Å². The van der Waals surface area contributed by atoms with E-state index in [1.165, 1.54) is 0 Å². The Morgan fingerprint density at radius 2 is 1.33 bits per heavy atom. The van der Waals surface area contributed by atoms with E-state index in [9.17, 15) is 9.59 Å². The quantitative estimate of drug-likeness (QED) is 0.707. The smallest absolute Gasteiger partial charge is 0.274 e. The van der Waals surface area contributed by atoms with Crippen LogP contribution in [0.4, 0.5) is 11.4 Å². The normalized spacial score (nSPS) is 10.3. The van der Waals surface area contributed by atoms with Crippen molar-refractivity contribution in [2.75, 3.05) is 10.6 Å². The third kappa shape index (κ3) is 4.39. The Bertz CT molecular complexity index is 983. The first-order valence-electron chi connectivity index (χ1n) is 8.81. The molecule has 2 aromatic carbocycles. The number of rotatable bonds is 5. The summed E-state index contributed by atoms with van der Waals surface area (Å²) in [6.07, 6.45) is 0.808. The highest BCUT2D eigenvalue weighted by atomic mass is 16.2. The Morgan fingerprint density at radius 3 is 1.96 bits per heavy atom. The van der Waals surface area contributed by atoms with Gasteiger partial charge in [-0.1, -0.05) is 49.4 Å². The molecule has 136 valence electrons. The molecule has 2 amide bonds. The van der Waals surface area contributed by atoms with Gasteiger partial charge in [0.25, 0.3) is 11.8 Å². The molecule has 5 nitrogen and oxygen atoms in total. The fraction of sp³-hybridized carbons (Fsp3) is 0.136. The lowest BCUT2D eigenvalue weighted by molar-refractivity contribution is 0.101. The van der Waals surface area contributed by atoms with E-state index in [2.05, 4.69) is 15.6 Å². The monoisotopic (exact) mass is 359 g/mol. The molecule has 3 rings (SSSR count). The van der Waals surface area contributed by atoms with E-state index in [1.54, 1.807) is 18.2 Å². The molecule has 0 bridgehead atoms. The molecule has 0 spiro atoms. The van der Waals surface area contributed by atoms with Gasteiger partial charge in [-0.15, -0.1) is 0 Å². The number of amides is 2. The minimum Gasteiger partial charge on any atom is -0.320 e. The maximum absolute atomic E-state index is 12.6. The van der Waals surface area contributed by atoms with Gasteiger partial charge in [-0.25, -0.2) is 4.98 Å². The van der Waals surface area contributed by atoms with Crippen molar-refractivity contribution in [3.63, 3.8) is 0 Å². The average molecular weight is 359 g/mol. The van der Waals surface area contributed by atoms with Crippen molar-refractivity contribution in [3.05, 3.63) is 89.2 Å². The number of aryl methyl sites for hydroxylation is 2. The SMILES string of the molecule is CCc1ccccc1NC(=O)c1cccc(C(=O)Nc2ccccc2C)n1. The molecule has 3 aromatic rings. The number of nitrogens with one attached hydrogen (secondary N) is 2. The lowest BCUT2D eigenvalue weighted by atomic mass is 10.1. The van der Waals surface area contributed by atoms with Crippen molar-refractivity contribution in [1.82, 2.24) is 4.98 Å². The van der Waals surface area contributed by atoms with E-state index >= 15 is 0 Å². The molecule has 2 N–H and O–H groups in total. The van der Waals surface area contributed by atoms with E-state index in [0.717, 1.165) is 28.9 Å². The van der Waals surface area contributed by atoms with Gasteiger partial charge in [-0.05, 0) is 48.7 Å². The summed E-state index contributed by atoms with van der Waals surface area (Å²) >= 11 is 0. The van der Waals surface area contributed by atoms with Crippen molar-refractivity contribution in [1.29, 1.82) is 0 Å². The van der Waals surface area contributed by atoms with Crippen molar-refractivity contribution in [3.8, 4) is 0 Å². The summed E-state index contributed by atoms with van der Waals surface area (Å²) in [5.41, 5.74) is 3.85. The van der Waals surface area contributed by atoms with Gasteiger partial charge in [0.2, 0.25) is 0 Å². The van der Waals surface area contributed by atoms with Crippen LogP contribution >= 0.6 is 0 Å². The number of aromatic nitrogens is 1. The highest BCUT2D eigenvalue weighted by Crippen LogP contribution is 2.17. The molecule has 0 saturated carbocycles. The Balaban J connectivity index is 1.77. The standard InChI is InChI=1S/C22H21N3O2/c1-3-16-10-5-7-12-18(16)25-22(27)20-14-8-13-19(23-20)21(26)24-17-11-6-4-9-15(17)2/h4-14H,3H2,1-2H3,(H,24,26)(H,25,27). The number of carbonyl (C=O) groups excluding carboxylic acids is 2. The molecule has 27 heavy (non-hydrogen) atoms. The summed E-state index contributed by atoms with van der Waals surface area (Å²) in [4.78, 5) is 29.3. The number of hydrogen-bond acceptors (Lipinski definition) is 3. The number of nitrogens with zero attached hydrogens (tertiary/aromatic N) is 1. The molecule has 0 aliphatic carbocycles. The molecule has 0 aliphatic rings. The van der Waals surface area contributed by atoms with Crippen LogP contribution in [0.15, 0.2) is 66.7 Å². The van der Waals surface area contributed by atoms with Crippen molar-refractivity contribution >= 4 is 23.2 Å². The molecule has 0 fully saturated rings. The summed E-state index contributed by atoms with van der Waals surface area (Å²) in [7, 11) is 0. The third-order valence-corrected chi connectivity index (χ3v) is 4.25. The van der Waals surface area contributed by atoms with Crippen LogP contribution < -0.4 is 10.6 Å². The Labute approximate surface area is 158 Å². The zero-order chi connectivity index (χ0) is 19.2. The third-order valence-electron chi connectivity index (χ3n) is 4.25. The molecular weight excluding hydrogens is 338 g/mol. The predicted octanol–water partition coefficient (Wildman–Crippen LogP) is 4.46. The van der Waals surface area contributed by atoms with Gasteiger partial charge in [0.15, 0.2) is 0 Å². The zero-order valence-electron chi connectivity index (χ0n) is 15.3. The van der Waals surface area contributed by atoms with E-state index in [-0.39, 0.29) is 23.2 Å². The Hall–Kier alpha value is -3.47. The van der Waals surface area contributed by atoms with Gasteiger partial charge in [-0.2, -0.15) is 0 Å². The maximum Gasteiger partial charge on any atom is 0.274 e. The highest BCUT2D eigenvalue weighted by Gasteiger charge is 2.14. The summed E-state index contributed by atoms with van der Waals surface area (Å²) in [5, 5.41) is 5.70. The average Bonchev–Trinajstić information content (AvgIpc) is 2.70. The van der Waals surface area contributed by atoms with Gasteiger partial charge >= 0.3 is 0 Å². The second kappa shape index (κ2) is 8.27. The van der Waals surface area contributed by atoms with Crippen LogP contribution in [0.3, 0.4) is 0 Å². The first kappa shape index (κ1) is 18.3. The van der Waals surface area contributed by atoms with Crippen LogP contribution in [0.5, 0.6) is 0 Å². The zero-order valence-corrected chi connectivity index (χ0v) is 15.3. The van der Waals surface area contributed by atoms with Crippen LogP contribution in [0.1, 0.15) is 39.0 Å². The largest absolute Gasteiger partial charge is 0.320 e. The van der Waals surface area contributed by atoms with E-state index in [1.807, 2.05) is 62.4 Å². The van der Waals surface area contributed by atoms with Gasteiger partial charge in [0, 0.05) is 11.4 Å². The first-order valence-corrected chi connectivity index (χ1v) is 8.81. The van der Waals surface area contributed by atoms with Gasteiger partial charge in [-0.3, -0.25) is 9.59 Å². The van der Waals surface area contributed by atoms with E-state index in [0.29, 0.717) is 0 Å². The Morgan fingerprint density at radius 1 is 0.778 bits per heavy atom. The van der Waals surface area contributed by atoms with Crippen LogP contribution in [0, 0.1) is 6.92 Å². The van der Waals surface area contributed by atoms with Crippen molar-refractivity contribution < 1.29 is 9.59 Å². The number of anilines is 2. The minimum absolute atomic E-state index is 0.190. The molecule has 0 radical (unpaired) electrons. The number of benzene rings is 2. The summed E-state index contributed by atoms with van der Waals surface area (Å²) in [6.45, 7) is 3.94. The molecule has 5 heteroatoms. The minimum atomic E-state index is -0.354. The van der Waals surface area contributed by atoms with Crippen LogP contribution in [-0.2, 0) is 6.42 Å². The first-order chi connectivity index (χ1) is 13.1. The van der Waals surface area contributed by atoms with Crippen molar-refractivity contribution in [2.45, 2.75) is 20.3 Å². The molecular formula is C22H21N3O2. The van der Waals surface area contributed by atoms with E-state index in [4.69, 9.17) is 0 Å². The molecule has 0 unspecified atom stereocenters. The molecule has 1 aromatic heterocycles. The fourth-order valence-electron chi connectivity index (χ4n) is 2.72. The van der Waals surface area contributed by atoms with Gasteiger partial charge in [0.05, 0.1) is 0 Å². The number of hydrogen-bond donors (Lipinski definition) is 2. The molecule has 0 atom stereocenters. The number of pyridine rings is 1. The van der Waals surface area contributed by atoms with Crippen LogP contribution in [0.2, 0.25) is 0 Å². The second-order valence-electron chi connectivity index (χ2n) is 6.14. The highest BCUT2D eigenvalue weighted by molar-refractivity contribution is 6.06. The van der Waals surface area contributed by atoms with Crippen LogP contribution in [0.25, 0.3) is 0 Å². The maximum atomic E-state index is 12.6. The van der Waals surface area contributed by atoms with Gasteiger partial charge in [0.1, 0.15) is 11.4 Å². The second-order valence-corrected chi connectivity index (χ2v) is 6.14. The van der Waals surface area contributed by atoms with E-state index < -0.39 is 0 Å². The lowest BCUT2D eigenvalue weighted by Crippen LogP contribution is -2.19. The number of carbonyl (C=O) groups is 2. The molecule has 0 saturated heterocycles. The van der Waals surface area contributed by atoms with Crippen molar-refractivity contribution in [2.24, 2.45) is 0 Å². The van der Waals surface area contributed by atoms with Gasteiger partial charge < -0.3 is 10.6 Å². The number of para-hydroxylation sites is 2. The molecule has 0 aliphatic heterocycles. The summed E-state index contributed by atoms with van der Waals surface area (Å²) in [6, 6.07) is 20.0. The molecule has 1 heterocycles. The summed E-state index contributed by atoms with van der Waals surface area (Å²) < 4.78 is 0. The Kier molecular flexibility index (Phi) is 5.61. The predicted molar refractivity (Wildman–Crippen MR) is 107 cm³/mol. The lowest BCUT2D eigenvalue weighted by Gasteiger charge is -2.10. The topological polar surface area (TPSA) is 71.1 Å². The fourth-order valence-corrected chi connectivity index (χ4v) is 2.72.